The molecule has 0 saturated carbocycles. The molecule has 1 amide bonds. The number of aromatic nitrogens is 2. The topological polar surface area (TPSA) is 59.4 Å². The molecule has 0 aliphatic carbocycles. The van der Waals surface area contributed by atoms with Crippen LogP contribution in [0.15, 0.2) is 42.5 Å². The van der Waals surface area contributed by atoms with E-state index in [0.717, 1.165) is 16.9 Å². The minimum Gasteiger partial charge on any atom is -0.495 e. The minimum atomic E-state index is -0.172. The molecule has 0 atom stereocenters. The number of carbonyl (C=O) groups is 1. The molecule has 1 aromatic heterocycles. The normalized spacial score (nSPS) is 11.1. The van der Waals surface area contributed by atoms with Crippen molar-refractivity contribution in [2.75, 3.05) is 26.5 Å². The third kappa shape index (κ3) is 3.98. The predicted molar refractivity (Wildman–Crippen MR) is 104 cm³/mol. The van der Waals surface area contributed by atoms with Crippen LogP contribution < -0.4 is 10.1 Å². The quantitative estimate of drug-likeness (QED) is 0.720. The Morgan fingerprint density at radius 1 is 1.27 bits per heavy atom. The van der Waals surface area contributed by atoms with Crippen LogP contribution >= 0.6 is 11.6 Å². The van der Waals surface area contributed by atoms with Crippen molar-refractivity contribution in [1.82, 2.24) is 14.5 Å². The summed E-state index contributed by atoms with van der Waals surface area (Å²) in [4.78, 5) is 19.3. The number of carbonyl (C=O) groups excluding carboxylic acids is 1. The molecule has 0 radical (unpaired) electrons. The van der Waals surface area contributed by atoms with Gasteiger partial charge in [0.2, 0.25) is 5.91 Å². The van der Waals surface area contributed by atoms with Crippen LogP contribution in [0.1, 0.15) is 5.82 Å². The second-order valence-electron chi connectivity index (χ2n) is 6.23. The van der Waals surface area contributed by atoms with Gasteiger partial charge >= 0.3 is 0 Å². The number of rotatable bonds is 6. The van der Waals surface area contributed by atoms with Gasteiger partial charge in [0.25, 0.3) is 0 Å². The number of anilines is 1. The third-order valence-electron chi connectivity index (χ3n) is 3.93. The van der Waals surface area contributed by atoms with Crippen LogP contribution in [0.4, 0.5) is 5.69 Å². The SMILES string of the molecule is COc1ccc(Cl)cc1NC(=O)Cn1c(CN(C)C)nc2ccccc21. The van der Waals surface area contributed by atoms with Gasteiger partial charge < -0.3 is 19.5 Å². The van der Waals surface area contributed by atoms with Crippen LogP contribution in [-0.4, -0.2) is 41.6 Å². The first kappa shape index (κ1) is 18.2. The van der Waals surface area contributed by atoms with Crippen LogP contribution in [0.5, 0.6) is 5.75 Å². The van der Waals surface area contributed by atoms with E-state index in [-0.39, 0.29) is 12.5 Å². The lowest BCUT2D eigenvalue weighted by molar-refractivity contribution is -0.116. The molecule has 0 aliphatic rings. The smallest absolute Gasteiger partial charge is 0.244 e. The number of nitrogens with one attached hydrogen (secondary N) is 1. The van der Waals surface area contributed by atoms with Crippen molar-refractivity contribution in [3.63, 3.8) is 0 Å². The fourth-order valence-electron chi connectivity index (χ4n) is 2.82. The van der Waals surface area contributed by atoms with Gasteiger partial charge in [-0.2, -0.15) is 0 Å². The number of imidazole rings is 1. The van der Waals surface area contributed by atoms with Crippen molar-refractivity contribution in [2.24, 2.45) is 0 Å². The first-order chi connectivity index (χ1) is 12.5. The van der Waals surface area contributed by atoms with Crippen molar-refractivity contribution in [1.29, 1.82) is 0 Å². The summed E-state index contributed by atoms with van der Waals surface area (Å²) in [5.41, 5.74) is 2.35. The zero-order valence-corrected chi connectivity index (χ0v) is 15.7. The average molecular weight is 373 g/mol. The van der Waals surface area contributed by atoms with Gasteiger partial charge in [0.05, 0.1) is 30.4 Å². The van der Waals surface area contributed by atoms with Crippen LogP contribution in [0, 0.1) is 0 Å². The number of nitrogens with zero attached hydrogens (tertiary/aromatic N) is 3. The number of methoxy groups -OCH3 is 1. The summed E-state index contributed by atoms with van der Waals surface area (Å²) in [6.45, 7) is 0.793. The fraction of sp³-hybridized carbons (Fsp3) is 0.263. The Balaban J connectivity index is 1.88. The van der Waals surface area contributed by atoms with Gasteiger partial charge in [-0.15, -0.1) is 0 Å². The van der Waals surface area contributed by atoms with Gasteiger partial charge in [-0.05, 0) is 44.4 Å². The Labute approximate surface area is 157 Å². The number of ether oxygens (including phenoxy) is 1. The number of para-hydroxylation sites is 2. The molecule has 3 rings (SSSR count). The number of hydrogen-bond donors (Lipinski definition) is 1. The van der Waals surface area contributed by atoms with Crippen molar-refractivity contribution >= 4 is 34.2 Å². The first-order valence-corrected chi connectivity index (χ1v) is 8.58. The van der Waals surface area contributed by atoms with Crippen LogP contribution in [0.2, 0.25) is 5.02 Å². The Hall–Kier alpha value is -2.57. The summed E-state index contributed by atoms with van der Waals surface area (Å²) in [6.07, 6.45) is 0. The van der Waals surface area contributed by atoms with Gasteiger partial charge in [0, 0.05) is 5.02 Å². The molecule has 0 spiro atoms. The molecule has 0 bridgehead atoms. The molecule has 1 heterocycles. The molecule has 136 valence electrons. The summed E-state index contributed by atoms with van der Waals surface area (Å²) in [6, 6.07) is 12.9. The minimum absolute atomic E-state index is 0.152. The van der Waals surface area contributed by atoms with Gasteiger partial charge in [0.1, 0.15) is 18.1 Å². The summed E-state index contributed by atoms with van der Waals surface area (Å²) in [5.74, 6) is 1.23. The van der Waals surface area contributed by atoms with Gasteiger partial charge in [0.15, 0.2) is 0 Å². The highest BCUT2D eigenvalue weighted by molar-refractivity contribution is 6.31. The lowest BCUT2D eigenvalue weighted by Gasteiger charge is -2.14. The Kier molecular flexibility index (Phi) is 5.44. The number of halogens is 1. The molecule has 6 nitrogen and oxygen atoms in total. The zero-order chi connectivity index (χ0) is 18.7. The van der Waals surface area contributed by atoms with Crippen molar-refractivity contribution in [3.05, 3.63) is 53.3 Å². The summed E-state index contributed by atoms with van der Waals surface area (Å²) >= 11 is 6.03. The molecule has 2 aromatic carbocycles. The molecule has 1 N–H and O–H groups in total. The molecule has 26 heavy (non-hydrogen) atoms. The molecule has 7 heteroatoms. The standard InChI is InChI=1S/C19H21ClN4O2/c1-23(2)11-18-21-14-6-4-5-7-16(14)24(18)12-19(25)22-15-10-13(20)8-9-17(15)26-3/h4-10H,11-12H2,1-3H3,(H,22,25). The molecular weight excluding hydrogens is 352 g/mol. The van der Waals surface area contributed by atoms with E-state index < -0.39 is 0 Å². The lowest BCUT2D eigenvalue weighted by atomic mass is 10.3. The van der Waals surface area contributed by atoms with Crippen molar-refractivity contribution in [2.45, 2.75) is 13.1 Å². The number of hydrogen-bond acceptors (Lipinski definition) is 4. The number of amides is 1. The van der Waals surface area contributed by atoms with Gasteiger partial charge in [-0.3, -0.25) is 4.79 Å². The summed E-state index contributed by atoms with van der Waals surface area (Å²) in [7, 11) is 5.50. The summed E-state index contributed by atoms with van der Waals surface area (Å²) in [5, 5.41) is 3.41. The van der Waals surface area contributed by atoms with Crippen molar-refractivity contribution in [3.8, 4) is 5.75 Å². The zero-order valence-electron chi connectivity index (χ0n) is 15.0. The predicted octanol–water partition coefficient (Wildman–Crippen LogP) is 3.40. The second kappa shape index (κ2) is 7.76. The highest BCUT2D eigenvalue weighted by Crippen LogP contribution is 2.28. The fourth-order valence-corrected chi connectivity index (χ4v) is 2.99. The highest BCUT2D eigenvalue weighted by Gasteiger charge is 2.15. The summed E-state index contributed by atoms with van der Waals surface area (Å²) < 4.78 is 7.22. The molecule has 3 aromatic rings. The van der Waals surface area contributed by atoms with E-state index in [2.05, 4.69) is 10.3 Å². The van der Waals surface area contributed by atoms with Crippen LogP contribution in [0.25, 0.3) is 11.0 Å². The van der Waals surface area contributed by atoms with Crippen molar-refractivity contribution < 1.29 is 9.53 Å². The third-order valence-corrected chi connectivity index (χ3v) is 4.16. The Morgan fingerprint density at radius 3 is 2.77 bits per heavy atom. The van der Waals surface area contributed by atoms with E-state index in [1.807, 2.05) is 47.8 Å². The largest absolute Gasteiger partial charge is 0.495 e. The Bertz CT molecular complexity index is 936. The van der Waals surface area contributed by atoms with E-state index in [0.29, 0.717) is 23.0 Å². The monoisotopic (exact) mass is 372 g/mol. The van der Waals surface area contributed by atoms with Crippen LogP contribution in [-0.2, 0) is 17.9 Å². The van der Waals surface area contributed by atoms with E-state index in [1.165, 1.54) is 0 Å². The van der Waals surface area contributed by atoms with E-state index in [4.69, 9.17) is 16.3 Å². The molecule has 0 unspecified atom stereocenters. The maximum atomic E-state index is 12.7. The van der Waals surface area contributed by atoms with E-state index >= 15 is 0 Å². The highest BCUT2D eigenvalue weighted by atomic mass is 35.5. The second-order valence-corrected chi connectivity index (χ2v) is 6.67. The molecule has 0 fully saturated rings. The van der Waals surface area contributed by atoms with Gasteiger partial charge in [-0.25, -0.2) is 4.98 Å². The van der Waals surface area contributed by atoms with Gasteiger partial charge in [-0.1, -0.05) is 23.7 Å². The maximum absolute atomic E-state index is 12.7. The molecular formula is C19H21ClN4O2. The lowest BCUT2D eigenvalue weighted by Crippen LogP contribution is -2.22. The Morgan fingerprint density at radius 2 is 2.04 bits per heavy atom. The number of fused-ring (bicyclic) bond motifs is 1. The van der Waals surface area contributed by atoms with E-state index in [9.17, 15) is 4.79 Å². The first-order valence-electron chi connectivity index (χ1n) is 8.20. The average Bonchev–Trinajstić information content (AvgIpc) is 2.92. The molecule has 0 saturated heterocycles. The number of benzene rings is 2. The molecule has 0 aliphatic heterocycles. The van der Waals surface area contributed by atoms with Crippen LogP contribution in [0.3, 0.4) is 0 Å². The van der Waals surface area contributed by atoms with E-state index in [1.54, 1.807) is 25.3 Å². The maximum Gasteiger partial charge on any atom is 0.244 e.